The first kappa shape index (κ1) is 34.8. The molecule has 0 radical (unpaired) electrons. The number of ether oxygens (including phenoxy) is 4. The van der Waals surface area contributed by atoms with Crippen LogP contribution >= 0.6 is 0 Å². The molecule has 2 aliphatic heterocycles. The Bertz CT molecular complexity index is 1280. The summed E-state index contributed by atoms with van der Waals surface area (Å²) < 4.78 is 22.5. The molecule has 252 valence electrons. The Labute approximate surface area is 271 Å². The Morgan fingerprint density at radius 3 is 2.28 bits per heavy atom. The number of methoxy groups -OCH3 is 1. The molecule has 1 saturated heterocycles. The summed E-state index contributed by atoms with van der Waals surface area (Å²) in [6.45, 7) is 6.62. The number of benzene rings is 2. The lowest BCUT2D eigenvalue weighted by Crippen LogP contribution is -2.42. The number of hydrogen-bond acceptors (Lipinski definition) is 10. The molecule has 1 amide bonds. The Kier molecular flexibility index (Phi) is 13.3. The minimum absolute atomic E-state index is 0.00578. The Balaban J connectivity index is 1.62. The molecule has 0 spiro atoms. The summed E-state index contributed by atoms with van der Waals surface area (Å²) in [6, 6.07) is 13.0. The van der Waals surface area contributed by atoms with Gasteiger partial charge in [-0.25, -0.2) is 0 Å². The van der Waals surface area contributed by atoms with Gasteiger partial charge in [-0.2, -0.15) is 0 Å². The fourth-order valence-corrected chi connectivity index (χ4v) is 6.18. The maximum Gasteiger partial charge on any atom is 0.311 e. The van der Waals surface area contributed by atoms with Crippen molar-refractivity contribution in [3.63, 3.8) is 0 Å². The zero-order chi connectivity index (χ0) is 32.9. The lowest BCUT2D eigenvalue weighted by atomic mass is 9.82. The first-order valence-corrected chi connectivity index (χ1v) is 16.4. The van der Waals surface area contributed by atoms with Gasteiger partial charge in [-0.05, 0) is 67.5 Å². The van der Waals surface area contributed by atoms with Crippen molar-refractivity contribution in [2.45, 2.75) is 70.8 Å². The highest BCUT2D eigenvalue weighted by atomic mass is 16.9. The van der Waals surface area contributed by atoms with E-state index in [-0.39, 0.29) is 44.3 Å². The fourth-order valence-electron chi connectivity index (χ4n) is 6.18. The summed E-state index contributed by atoms with van der Waals surface area (Å²) >= 11 is 0. The SMILES string of the molecule is CCCCN(CCCC)C(=O)CN1C[C@H](c2ccc3c(c2)OCO3)[C@@H](C(=O)OCCCCCO[N+](=O)[O-])[C@@H]1c1ccc(OC)cc1. The van der Waals surface area contributed by atoms with Crippen LogP contribution in [0.5, 0.6) is 17.2 Å². The second kappa shape index (κ2) is 17.6. The smallest absolute Gasteiger partial charge is 0.311 e. The lowest BCUT2D eigenvalue weighted by Gasteiger charge is -2.30. The number of amides is 1. The Hall–Kier alpha value is -4.06. The first-order chi connectivity index (χ1) is 22.4. The van der Waals surface area contributed by atoms with Crippen LogP contribution in [0.3, 0.4) is 0 Å². The second-order valence-electron chi connectivity index (χ2n) is 11.8. The second-order valence-corrected chi connectivity index (χ2v) is 11.8. The molecule has 0 N–H and O–H groups in total. The van der Waals surface area contributed by atoms with Crippen molar-refractivity contribution in [2.75, 3.05) is 53.3 Å². The van der Waals surface area contributed by atoms with Crippen molar-refractivity contribution in [3.8, 4) is 17.2 Å². The Morgan fingerprint density at radius 2 is 1.61 bits per heavy atom. The molecule has 2 aromatic carbocycles. The molecule has 4 rings (SSSR count). The van der Waals surface area contributed by atoms with E-state index in [0.29, 0.717) is 56.1 Å². The van der Waals surface area contributed by atoms with Gasteiger partial charge in [-0.3, -0.25) is 14.5 Å². The van der Waals surface area contributed by atoms with Gasteiger partial charge in [-0.1, -0.05) is 44.9 Å². The first-order valence-electron chi connectivity index (χ1n) is 16.4. The van der Waals surface area contributed by atoms with Crippen molar-refractivity contribution >= 4 is 11.9 Å². The fraction of sp³-hybridized carbons (Fsp3) is 0.588. The maximum atomic E-state index is 14.1. The Morgan fingerprint density at radius 1 is 0.935 bits per heavy atom. The van der Waals surface area contributed by atoms with Gasteiger partial charge in [0.2, 0.25) is 12.7 Å². The summed E-state index contributed by atoms with van der Waals surface area (Å²) in [5.74, 6) is 0.784. The van der Waals surface area contributed by atoms with E-state index >= 15 is 0 Å². The molecule has 0 bridgehead atoms. The highest BCUT2D eigenvalue weighted by Crippen LogP contribution is 2.48. The molecule has 46 heavy (non-hydrogen) atoms. The van der Waals surface area contributed by atoms with E-state index in [0.717, 1.165) is 36.8 Å². The highest BCUT2D eigenvalue weighted by molar-refractivity contribution is 5.80. The van der Waals surface area contributed by atoms with Gasteiger partial charge in [0.25, 0.3) is 5.09 Å². The molecule has 0 aliphatic carbocycles. The molecule has 2 heterocycles. The predicted molar refractivity (Wildman–Crippen MR) is 170 cm³/mol. The molecule has 2 aromatic rings. The molecule has 0 saturated carbocycles. The number of hydrogen-bond donors (Lipinski definition) is 0. The monoisotopic (exact) mass is 641 g/mol. The topological polar surface area (TPSA) is 130 Å². The summed E-state index contributed by atoms with van der Waals surface area (Å²) in [7, 11) is 1.61. The number of fused-ring (bicyclic) bond motifs is 1. The minimum atomic E-state index is -0.807. The van der Waals surface area contributed by atoms with Crippen LogP contribution in [0.2, 0.25) is 0 Å². The van der Waals surface area contributed by atoms with Crippen molar-refractivity contribution in [2.24, 2.45) is 5.92 Å². The van der Waals surface area contributed by atoms with Crippen molar-refractivity contribution in [1.82, 2.24) is 9.80 Å². The van der Waals surface area contributed by atoms with E-state index in [1.807, 2.05) is 47.4 Å². The third kappa shape index (κ3) is 9.24. The van der Waals surface area contributed by atoms with Crippen LogP contribution in [0.25, 0.3) is 0 Å². The highest BCUT2D eigenvalue weighted by Gasteiger charge is 2.49. The van der Waals surface area contributed by atoms with E-state index in [1.54, 1.807) is 7.11 Å². The van der Waals surface area contributed by atoms with Gasteiger partial charge < -0.3 is 28.7 Å². The number of esters is 1. The van der Waals surface area contributed by atoms with E-state index < -0.39 is 17.0 Å². The zero-order valence-corrected chi connectivity index (χ0v) is 27.2. The van der Waals surface area contributed by atoms with Gasteiger partial charge in [-0.15, -0.1) is 10.1 Å². The van der Waals surface area contributed by atoms with Crippen molar-refractivity contribution in [1.29, 1.82) is 0 Å². The summed E-state index contributed by atoms with van der Waals surface area (Å²) in [5, 5.41) is 9.60. The van der Waals surface area contributed by atoms with Crippen LogP contribution in [0, 0.1) is 16.0 Å². The number of nitrogens with zero attached hydrogens (tertiary/aromatic N) is 3. The quantitative estimate of drug-likeness (QED) is 0.0835. The molecular weight excluding hydrogens is 594 g/mol. The van der Waals surface area contributed by atoms with Gasteiger partial charge >= 0.3 is 5.97 Å². The van der Waals surface area contributed by atoms with Crippen LogP contribution in [0.1, 0.15) is 81.9 Å². The van der Waals surface area contributed by atoms with Gasteiger partial charge in [0.1, 0.15) is 5.75 Å². The molecule has 1 fully saturated rings. The third-order valence-corrected chi connectivity index (χ3v) is 8.64. The molecular formula is C34H47N3O9. The zero-order valence-electron chi connectivity index (χ0n) is 27.2. The molecule has 3 atom stereocenters. The maximum absolute atomic E-state index is 14.1. The van der Waals surface area contributed by atoms with Crippen LogP contribution < -0.4 is 14.2 Å². The van der Waals surface area contributed by atoms with Gasteiger partial charge in [0.15, 0.2) is 11.5 Å². The lowest BCUT2D eigenvalue weighted by molar-refractivity contribution is -0.757. The molecule has 12 heteroatoms. The number of carbonyl (C=O) groups is 2. The molecule has 2 aliphatic rings. The normalized spacial score (nSPS) is 18.7. The standard InChI is InChI=1S/C34H47N3O9/c1-4-6-17-35(18-7-5-2)31(38)23-36-22-28(26-13-16-29-30(21-26)45-24-44-29)32(33(36)25-11-14-27(42-3)15-12-25)34(39)43-19-9-8-10-20-46-37(40)41/h11-16,21,28,32-33H,4-10,17-20,22-24H2,1-3H3/t28-,32-,33+/m1/s1. The number of likely N-dealkylation sites (tertiary alicyclic amines) is 1. The molecule has 0 unspecified atom stereocenters. The van der Waals surface area contributed by atoms with Gasteiger partial charge in [0.05, 0.1) is 32.8 Å². The van der Waals surface area contributed by atoms with Crippen LogP contribution in [-0.4, -0.2) is 80.1 Å². The minimum Gasteiger partial charge on any atom is -0.497 e. The average molecular weight is 642 g/mol. The summed E-state index contributed by atoms with van der Waals surface area (Å²) in [4.78, 5) is 46.8. The van der Waals surface area contributed by atoms with Crippen LogP contribution in [0.4, 0.5) is 0 Å². The average Bonchev–Trinajstić information content (AvgIpc) is 3.68. The van der Waals surface area contributed by atoms with E-state index in [9.17, 15) is 19.7 Å². The molecule has 0 aromatic heterocycles. The van der Waals surface area contributed by atoms with E-state index in [1.165, 1.54) is 0 Å². The summed E-state index contributed by atoms with van der Waals surface area (Å²) in [6.07, 6.45) is 5.51. The predicted octanol–water partition coefficient (Wildman–Crippen LogP) is 5.53. The van der Waals surface area contributed by atoms with E-state index in [4.69, 9.17) is 18.9 Å². The molecule has 12 nitrogen and oxygen atoms in total. The number of carbonyl (C=O) groups excluding carboxylic acids is 2. The largest absolute Gasteiger partial charge is 0.497 e. The number of rotatable bonds is 19. The third-order valence-electron chi connectivity index (χ3n) is 8.64. The van der Waals surface area contributed by atoms with Gasteiger partial charge in [0, 0.05) is 31.6 Å². The number of unbranched alkanes of at least 4 members (excludes halogenated alkanes) is 4. The van der Waals surface area contributed by atoms with Crippen molar-refractivity contribution in [3.05, 3.63) is 63.7 Å². The van der Waals surface area contributed by atoms with Crippen LogP contribution in [0.15, 0.2) is 42.5 Å². The van der Waals surface area contributed by atoms with E-state index in [2.05, 4.69) is 23.6 Å². The van der Waals surface area contributed by atoms with Crippen molar-refractivity contribution < 1.29 is 38.5 Å². The summed E-state index contributed by atoms with van der Waals surface area (Å²) in [5.41, 5.74) is 1.80. The van der Waals surface area contributed by atoms with Crippen LogP contribution in [-0.2, 0) is 19.2 Å².